The molecule has 1 aromatic carbocycles. The molecule has 1 heterocycles. The number of benzene rings is 1. The van der Waals surface area contributed by atoms with Crippen LogP contribution in [0.1, 0.15) is 28.8 Å². The summed E-state index contributed by atoms with van der Waals surface area (Å²) in [4.78, 5) is 11.9. The van der Waals surface area contributed by atoms with Gasteiger partial charge in [-0.25, -0.2) is 4.39 Å². The molecule has 1 aliphatic rings. The van der Waals surface area contributed by atoms with Gasteiger partial charge in [0.2, 0.25) is 0 Å². The van der Waals surface area contributed by atoms with E-state index in [2.05, 4.69) is 5.32 Å². The maximum Gasteiger partial charge on any atom is 0.188 e. The van der Waals surface area contributed by atoms with Crippen molar-refractivity contribution < 1.29 is 13.9 Å². The molecule has 1 saturated heterocycles. The molecule has 1 N–H and O–H groups in total. The summed E-state index contributed by atoms with van der Waals surface area (Å²) < 4.78 is 18.7. The number of carbonyl (C=O) groups excluding carboxylic acids is 1. The molecule has 0 bridgehead atoms. The van der Waals surface area contributed by atoms with E-state index in [1.807, 2.05) is 0 Å². The number of piperidine rings is 1. The van der Waals surface area contributed by atoms with E-state index in [9.17, 15) is 9.18 Å². The van der Waals surface area contributed by atoms with Crippen LogP contribution in [0, 0.1) is 12.7 Å². The van der Waals surface area contributed by atoms with Crippen molar-refractivity contribution in [1.29, 1.82) is 0 Å². The molecule has 0 aliphatic carbocycles. The molecule has 4 heteroatoms. The number of nitrogens with one attached hydrogen (secondary N) is 1. The zero-order valence-corrected chi connectivity index (χ0v) is 10.5. The molecule has 0 amide bonds. The average Bonchev–Trinajstić information content (AvgIpc) is 2.36. The Kier molecular flexibility index (Phi) is 4.44. The Hall–Kier alpha value is -1.26. The van der Waals surface area contributed by atoms with Gasteiger partial charge in [0.15, 0.2) is 5.78 Å². The summed E-state index contributed by atoms with van der Waals surface area (Å²) in [6, 6.07) is 4.36. The molecule has 0 saturated carbocycles. The van der Waals surface area contributed by atoms with Gasteiger partial charge >= 0.3 is 0 Å². The molecule has 0 unspecified atom stereocenters. The zero-order valence-electron chi connectivity index (χ0n) is 10.5. The smallest absolute Gasteiger partial charge is 0.188 e. The van der Waals surface area contributed by atoms with Gasteiger partial charge in [-0.05, 0) is 56.6 Å². The number of halogens is 1. The predicted molar refractivity (Wildman–Crippen MR) is 67.3 cm³/mol. The van der Waals surface area contributed by atoms with Gasteiger partial charge in [0.25, 0.3) is 0 Å². The van der Waals surface area contributed by atoms with Gasteiger partial charge in [0, 0.05) is 5.56 Å². The quantitative estimate of drug-likeness (QED) is 0.833. The monoisotopic (exact) mass is 251 g/mol. The molecule has 1 aromatic rings. The Balaban J connectivity index is 1.90. The van der Waals surface area contributed by atoms with Crippen molar-refractivity contribution in [3.63, 3.8) is 0 Å². The lowest BCUT2D eigenvalue weighted by Gasteiger charge is -2.22. The fourth-order valence-corrected chi connectivity index (χ4v) is 2.14. The fraction of sp³-hybridized carbons (Fsp3) is 0.500. The first-order valence-corrected chi connectivity index (χ1v) is 6.28. The van der Waals surface area contributed by atoms with Crippen LogP contribution < -0.4 is 5.32 Å². The molecule has 2 rings (SSSR count). The normalized spacial score (nSPS) is 16.8. The highest BCUT2D eigenvalue weighted by Crippen LogP contribution is 2.11. The van der Waals surface area contributed by atoms with E-state index in [0.717, 1.165) is 31.5 Å². The second kappa shape index (κ2) is 6.07. The van der Waals surface area contributed by atoms with E-state index in [-0.39, 0.29) is 24.3 Å². The molecule has 1 fully saturated rings. The van der Waals surface area contributed by atoms with Crippen molar-refractivity contribution in [1.82, 2.24) is 5.32 Å². The van der Waals surface area contributed by atoms with Gasteiger partial charge in [-0.1, -0.05) is 0 Å². The minimum Gasteiger partial charge on any atom is -0.370 e. The van der Waals surface area contributed by atoms with Crippen LogP contribution in [-0.4, -0.2) is 31.6 Å². The van der Waals surface area contributed by atoms with Gasteiger partial charge in [-0.15, -0.1) is 0 Å². The summed E-state index contributed by atoms with van der Waals surface area (Å²) in [5.74, 6) is -0.531. The Morgan fingerprint density at radius 2 is 2.11 bits per heavy atom. The van der Waals surface area contributed by atoms with Crippen LogP contribution in [0.2, 0.25) is 0 Å². The van der Waals surface area contributed by atoms with E-state index < -0.39 is 0 Å². The molecule has 18 heavy (non-hydrogen) atoms. The summed E-state index contributed by atoms with van der Waals surface area (Å²) >= 11 is 0. The van der Waals surface area contributed by atoms with Crippen LogP contribution in [0.5, 0.6) is 0 Å². The lowest BCUT2D eigenvalue weighted by molar-refractivity contribution is 0.0317. The van der Waals surface area contributed by atoms with Gasteiger partial charge in [0.1, 0.15) is 12.4 Å². The average molecular weight is 251 g/mol. The summed E-state index contributed by atoms with van der Waals surface area (Å²) in [5.41, 5.74) is 1.14. The molecule has 3 nitrogen and oxygen atoms in total. The Bertz CT molecular complexity index is 408. The minimum atomic E-state index is -0.375. The van der Waals surface area contributed by atoms with E-state index in [4.69, 9.17) is 4.74 Å². The van der Waals surface area contributed by atoms with Crippen molar-refractivity contribution in [3.05, 3.63) is 35.1 Å². The number of hydrogen-bond acceptors (Lipinski definition) is 3. The number of ether oxygens (including phenoxy) is 1. The van der Waals surface area contributed by atoms with Gasteiger partial charge in [0.05, 0.1) is 6.10 Å². The lowest BCUT2D eigenvalue weighted by Crippen LogP contribution is -2.33. The number of carbonyl (C=O) groups is 1. The van der Waals surface area contributed by atoms with Crippen LogP contribution in [0.15, 0.2) is 18.2 Å². The maximum atomic E-state index is 13.2. The summed E-state index contributed by atoms with van der Waals surface area (Å²) in [5, 5.41) is 3.23. The van der Waals surface area contributed by atoms with Gasteiger partial charge < -0.3 is 10.1 Å². The number of hydrogen-bond donors (Lipinski definition) is 1. The standard InChI is InChI=1S/C14H18FNO2/c1-10-6-11(8-12(15)7-10)14(17)9-18-13-2-4-16-5-3-13/h6-8,13,16H,2-5,9H2,1H3. The Labute approximate surface area is 106 Å². The molecular formula is C14H18FNO2. The maximum absolute atomic E-state index is 13.2. The third-order valence-electron chi connectivity index (χ3n) is 3.10. The van der Waals surface area contributed by atoms with Crippen LogP contribution in [0.25, 0.3) is 0 Å². The highest BCUT2D eigenvalue weighted by molar-refractivity contribution is 5.97. The number of Topliss-reactive ketones (excluding diaryl/α,β-unsaturated/α-hetero) is 1. The fourth-order valence-electron chi connectivity index (χ4n) is 2.14. The van der Waals surface area contributed by atoms with E-state index >= 15 is 0 Å². The molecular weight excluding hydrogens is 233 g/mol. The molecule has 0 atom stereocenters. The van der Waals surface area contributed by atoms with Crippen LogP contribution in [-0.2, 0) is 4.74 Å². The second-order valence-electron chi connectivity index (χ2n) is 4.70. The lowest BCUT2D eigenvalue weighted by atomic mass is 10.1. The van der Waals surface area contributed by atoms with Crippen LogP contribution in [0.4, 0.5) is 4.39 Å². The number of ketones is 1. The summed E-state index contributed by atoms with van der Waals surface area (Å²) in [6.07, 6.45) is 2.00. The zero-order chi connectivity index (χ0) is 13.0. The van der Waals surface area contributed by atoms with E-state index in [1.165, 1.54) is 12.1 Å². The SMILES string of the molecule is Cc1cc(F)cc(C(=O)COC2CCNCC2)c1. The molecule has 0 spiro atoms. The van der Waals surface area contributed by atoms with Gasteiger partial charge in [-0.3, -0.25) is 4.79 Å². The van der Waals surface area contributed by atoms with Crippen molar-refractivity contribution in [2.45, 2.75) is 25.9 Å². The number of rotatable bonds is 4. The number of aryl methyl sites for hydroxylation is 1. The highest BCUT2D eigenvalue weighted by Gasteiger charge is 2.16. The van der Waals surface area contributed by atoms with Crippen molar-refractivity contribution in [2.24, 2.45) is 0 Å². The summed E-state index contributed by atoms with van der Waals surface area (Å²) in [6.45, 7) is 3.66. The van der Waals surface area contributed by atoms with Crippen molar-refractivity contribution in [3.8, 4) is 0 Å². The van der Waals surface area contributed by atoms with Crippen LogP contribution >= 0.6 is 0 Å². The van der Waals surface area contributed by atoms with Crippen LogP contribution in [0.3, 0.4) is 0 Å². The Morgan fingerprint density at radius 1 is 1.39 bits per heavy atom. The second-order valence-corrected chi connectivity index (χ2v) is 4.70. The molecule has 0 radical (unpaired) electrons. The largest absolute Gasteiger partial charge is 0.370 e. The van der Waals surface area contributed by atoms with Gasteiger partial charge in [-0.2, -0.15) is 0 Å². The first-order chi connectivity index (χ1) is 8.65. The third kappa shape index (κ3) is 3.62. The predicted octanol–water partition coefficient (Wildman–Crippen LogP) is 2.09. The van der Waals surface area contributed by atoms with E-state index in [0.29, 0.717) is 5.56 Å². The topological polar surface area (TPSA) is 38.3 Å². The highest BCUT2D eigenvalue weighted by atomic mass is 19.1. The minimum absolute atomic E-state index is 0.0353. The third-order valence-corrected chi connectivity index (χ3v) is 3.10. The Morgan fingerprint density at radius 3 is 2.78 bits per heavy atom. The first-order valence-electron chi connectivity index (χ1n) is 6.28. The van der Waals surface area contributed by atoms with E-state index in [1.54, 1.807) is 13.0 Å². The summed E-state index contributed by atoms with van der Waals surface area (Å²) in [7, 11) is 0. The van der Waals surface area contributed by atoms with Crippen molar-refractivity contribution in [2.75, 3.05) is 19.7 Å². The van der Waals surface area contributed by atoms with Crippen molar-refractivity contribution >= 4 is 5.78 Å². The molecule has 98 valence electrons. The first kappa shape index (κ1) is 13.2. The molecule has 1 aliphatic heterocycles. The molecule has 0 aromatic heterocycles.